The van der Waals surface area contributed by atoms with Crippen molar-refractivity contribution in [2.75, 3.05) is 13.2 Å². The smallest absolute Gasteiger partial charge is 0.490 e. The predicted octanol–water partition coefficient (Wildman–Crippen LogP) is 2.18. The third kappa shape index (κ3) is 8.10. The Labute approximate surface area is 171 Å². The molecular formula is C20H23F3N2O5. The summed E-state index contributed by atoms with van der Waals surface area (Å²) in [5.41, 5.74) is 6.80. The fourth-order valence-electron chi connectivity index (χ4n) is 2.15. The minimum absolute atomic E-state index is 0.0215. The normalized spacial score (nSPS) is 12.7. The van der Waals surface area contributed by atoms with Crippen LogP contribution in [0, 0.1) is 0 Å². The number of ether oxygens (including phenoxy) is 1. The first-order valence-electron chi connectivity index (χ1n) is 8.74. The molecule has 164 valence electrons. The molecule has 1 amide bonds. The van der Waals surface area contributed by atoms with Crippen LogP contribution in [-0.2, 0) is 21.7 Å². The minimum Gasteiger partial charge on any atom is -0.491 e. The number of carboxylic acid groups (broad SMARTS) is 1. The van der Waals surface area contributed by atoms with Crippen LogP contribution < -0.4 is 15.8 Å². The Balaban J connectivity index is 0.000000553. The molecule has 0 fully saturated rings. The first-order valence-corrected chi connectivity index (χ1v) is 8.74. The fraction of sp³-hybridized carbons (Fsp3) is 0.300. The third-order valence-electron chi connectivity index (χ3n) is 3.82. The summed E-state index contributed by atoms with van der Waals surface area (Å²) in [4.78, 5) is 21.3. The number of carbonyl (C=O) groups excluding carboxylic acids is 1. The van der Waals surface area contributed by atoms with Crippen LogP contribution in [0.2, 0.25) is 0 Å². The van der Waals surface area contributed by atoms with Crippen LogP contribution in [0.3, 0.4) is 0 Å². The minimum atomic E-state index is -5.08. The summed E-state index contributed by atoms with van der Waals surface area (Å²) in [6.45, 7) is 2.33. The van der Waals surface area contributed by atoms with Crippen LogP contribution in [0.25, 0.3) is 0 Å². The number of rotatable bonds is 7. The third-order valence-corrected chi connectivity index (χ3v) is 3.82. The van der Waals surface area contributed by atoms with Crippen LogP contribution in [0.4, 0.5) is 13.2 Å². The van der Waals surface area contributed by atoms with Crippen LogP contribution in [0.1, 0.15) is 18.1 Å². The summed E-state index contributed by atoms with van der Waals surface area (Å²) in [7, 11) is 0. The van der Waals surface area contributed by atoms with Gasteiger partial charge in [-0.15, -0.1) is 0 Å². The van der Waals surface area contributed by atoms with Gasteiger partial charge in [0.05, 0.1) is 6.61 Å². The zero-order chi connectivity index (χ0) is 22.8. The van der Waals surface area contributed by atoms with E-state index in [2.05, 4.69) is 5.32 Å². The summed E-state index contributed by atoms with van der Waals surface area (Å²) in [5.74, 6) is -2.31. The molecule has 0 saturated heterocycles. The van der Waals surface area contributed by atoms with Gasteiger partial charge in [-0.25, -0.2) is 4.79 Å². The molecule has 2 aromatic carbocycles. The Morgan fingerprint density at radius 3 is 2.07 bits per heavy atom. The Hall–Kier alpha value is -3.11. The Morgan fingerprint density at radius 2 is 1.60 bits per heavy atom. The molecule has 0 radical (unpaired) electrons. The number of hydrogen-bond acceptors (Lipinski definition) is 5. The number of halogens is 3. The molecule has 2 aromatic rings. The number of aliphatic carboxylic acids is 1. The van der Waals surface area contributed by atoms with Crippen LogP contribution in [0.15, 0.2) is 54.6 Å². The van der Waals surface area contributed by atoms with Crippen molar-refractivity contribution in [3.63, 3.8) is 0 Å². The lowest BCUT2D eigenvalue weighted by Gasteiger charge is -2.24. The summed E-state index contributed by atoms with van der Waals surface area (Å²) in [5, 5.41) is 18.7. The lowest BCUT2D eigenvalue weighted by Crippen LogP contribution is -2.48. The zero-order valence-corrected chi connectivity index (χ0v) is 16.1. The lowest BCUT2D eigenvalue weighted by atomic mass is 9.92. The molecule has 0 aromatic heterocycles. The largest absolute Gasteiger partial charge is 0.491 e. The van der Waals surface area contributed by atoms with Gasteiger partial charge in [0.25, 0.3) is 0 Å². The monoisotopic (exact) mass is 428 g/mol. The van der Waals surface area contributed by atoms with E-state index >= 15 is 0 Å². The highest BCUT2D eigenvalue weighted by Crippen LogP contribution is 2.18. The van der Waals surface area contributed by atoms with E-state index in [1.54, 1.807) is 19.1 Å². The molecule has 0 bridgehead atoms. The van der Waals surface area contributed by atoms with E-state index in [-0.39, 0.29) is 19.1 Å². The molecule has 30 heavy (non-hydrogen) atoms. The van der Waals surface area contributed by atoms with Crippen molar-refractivity contribution in [1.29, 1.82) is 0 Å². The van der Waals surface area contributed by atoms with Gasteiger partial charge in [-0.1, -0.05) is 42.5 Å². The molecule has 10 heteroatoms. The van der Waals surface area contributed by atoms with Crippen molar-refractivity contribution in [3.05, 3.63) is 65.7 Å². The van der Waals surface area contributed by atoms with Crippen molar-refractivity contribution in [3.8, 4) is 5.75 Å². The highest BCUT2D eigenvalue weighted by molar-refractivity contribution is 5.86. The molecule has 0 heterocycles. The number of aliphatic hydroxyl groups excluding tert-OH is 1. The summed E-state index contributed by atoms with van der Waals surface area (Å²) in [6, 6.07) is 16.6. The number of carbonyl (C=O) groups is 2. The molecule has 0 saturated carbocycles. The van der Waals surface area contributed by atoms with Gasteiger partial charge in [0, 0.05) is 6.54 Å². The molecule has 7 nitrogen and oxygen atoms in total. The maximum absolute atomic E-state index is 12.4. The van der Waals surface area contributed by atoms with E-state index in [9.17, 15) is 18.0 Å². The Morgan fingerprint density at radius 1 is 1.07 bits per heavy atom. The van der Waals surface area contributed by atoms with Gasteiger partial charge in [0.15, 0.2) is 0 Å². The fourth-order valence-corrected chi connectivity index (χ4v) is 2.15. The number of hydrogen-bond donors (Lipinski definition) is 4. The van der Waals surface area contributed by atoms with E-state index in [0.29, 0.717) is 12.3 Å². The van der Waals surface area contributed by atoms with E-state index in [4.69, 9.17) is 25.5 Å². The second-order valence-corrected chi connectivity index (χ2v) is 6.27. The summed E-state index contributed by atoms with van der Waals surface area (Å²) < 4.78 is 37.0. The predicted molar refractivity (Wildman–Crippen MR) is 103 cm³/mol. The van der Waals surface area contributed by atoms with Crippen molar-refractivity contribution in [2.24, 2.45) is 5.73 Å². The Kier molecular flexibility index (Phi) is 9.28. The average Bonchev–Trinajstić information content (AvgIpc) is 2.71. The lowest BCUT2D eigenvalue weighted by molar-refractivity contribution is -0.192. The maximum Gasteiger partial charge on any atom is 0.490 e. The number of nitrogens with one attached hydrogen (secondary N) is 1. The number of carboxylic acids is 1. The second kappa shape index (κ2) is 11.2. The zero-order valence-electron chi connectivity index (χ0n) is 16.1. The van der Waals surface area contributed by atoms with E-state index in [1.807, 2.05) is 42.5 Å². The molecule has 5 N–H and O–H groups in total. The van der Waals surface area contributed by atoms with E-state index in [0.717, 1.165) is 11.1 Å². The van der Waals surface area contributed by atoms with Gasteiger partial charge >= 0.3 is 12.1 Å². The van der Waals surface area contributed by atoms with Gasteiger partial charge in [-0.05, 0) is 30.2 Å². The molecule has 1 unspecified atom stereocenters. The SMILES string of the molecule is CC(N)(C(=O)NCc1ccc(OCCO)cc1)c1ccccc1.O=C(O)C(F)(F)F. The van der Waals surface area contributed by atoms with E-state index in [1.165, 1.54) is 0 Å². The van der Waals surface area contributed by atoms with Gasteiger partial charge in [0.1, 0.15) is 17.9 Å². The topological polar surface area (TPSA) is 122 Å². The van der Waals surface area contributed by atoms with Crippen LogP contribution >= 0.6 is 0 Å². The summed E-state index contributed by atoms with van der Waals surface area (Å²) in [6.07, 6.45) is -5.08. The molecule has 2 rings (SSSR count). The van der Waals surface area contributed by atoms with Crippen molar-refractivity contribution >= 4 is 11.9 Å². The Bertz CT molecular complexity index is 809. The molecule has 1 atom stereocenters. The molecule has 0 aliphatic heterocycles. The van der Waals surface area contributed by atoms with Gasteiger partial charge < -0.3 is 26.0 Å². The first kappa shape index (κ1) is 24.9. The molecule has 0 aliphatic carbocycles. The number of aliphatic hydroxyl groups is 1. The second-order valence-electron chi connectivity index (χ2n) is 6.27. The van der Waals surface area contributed by atoms with Crippen molar-refractivity contribution < 1.29 is 37.7 Å². The molecule has 0 spiro atoms. The van der Waals surface area contributed by atoms with Crippen LogP contribution in [-0.4, -0.2) is 41.5 Å². The van der Waals surface area contributed by atoms with Gasteiger partial charge in [-0.3, -0.25) is 4.79 Å². The number of alkyl halides is 3. The van der Waals surface area contributed by atoms with Gasteiger partial charge in [0.2, 0.25) is 5.91 Å². The van der Waals surface area contributed by atoms with Crippen molar-refractivity contribution in [1.82, 2.24) is 5.32 Å². The summed E-state index contributed by atoms with van der Waals surface area (Å²) >= 11 is 0. The van der Waals surface area contributed by atoms with Crippen molar-refractivity contribution in [2.45, 2.75) is 25.2 Å². The molecule has 0 aliphatic rings. The number of benzene rings is 2. The number of nitrogens with two attached hydrogens (primary N) is 1. The maximum atomic E-state index is 12.4. The van der Waals surface area contributed by atoms with Gasteiger partial charge in [-0.2, -0.15) is 13.2 Å². The highest BCUT2D eigenvalue weighted by atomic mass is 19.4. The van der Waals surface area contributed by atoms with Crippen LogP contribution in [0.5, 0.6) is 5.75 Å². The molecular weight excluding hydrogens is 405 g/mol. The standard InChI is InChI=1S/C18H22N2O3.C2HF3O2/c1-18(19,15-5-3-2-4-6-15)17(22)20-13-14-7-9-16(10-8-14)23-12-11-21;3-2(4,5)1(6)7/h2-10,21H,11-13,19H2,1H3,(H,20,22);(H,6,7). The number of amides is 1. The quantitative estimate of drug-likeness (QED) is 0.536. The average molecular weight is 428 g/mol. The highest BCUT2D eigenvalue weighted by Gasteiger charge is 2.38. The first-order chi connectivity index (χ1) is 14.0. The van der Waals surface area contributed by atoms with E-state index < -0.39 is 17.7 Å².